The van der Waals surface area contributed by atoms with Gasteiger partial charge in [0.25, 0.3) is 0 Å². The SMILES string of the molecule is C=C/C=N\N(C)C.CC.CC. The second-order valence-electron chi connectivity index (χ2n) is 1.35. The van der Waals surface area contributed by atoms with Crippen molar-refractivity contribution >= 4 is 6.21 Å². The van der Waals surface area contributed by atoms with E-state index >= 15 is 0 Å². The van der Waals surface area contributed by atoms with Gasteiger partial charge in [-0.1, -0.05) is 34.3 Å². The summed E-state index contributed by atoms with van der Waals surface area (Å²) in [7, 11) is 3.72. The molecule has 0 amide bonds. The molecule has 0 heterocycles. The molecule has 0 atom stereocenters. The second-order valence-corrected chi connectivity index (χ2v) is 1.35. The van der Waals surface area contributed by atoms with Gasteiger partial charge in [-0.25, -0.2) is 0 Å². The maximum absolute atomic E-state index is 3.83. The fourth-order valence-electron chi connectivity index (χ4n) is 0.180. The number of nitrogens with zero attached hydrogens (tertiary/aromatic N) is 2. The molecule has 0 aromatic heterocycles. The first kappa shape index (κ1) is 16.7. The van der Waals surface area contributed by atoms with Crippen LogP contribution in [0.5, 0.6) is 0 Å². The van der Waals surface area contributed by atoms with Crippen molar-refractivity contribution < 1.29 is 0 Å². The molecule has 0 radical (unpaired) electrons. The highest BCUT2D eigenvalue weighted by Gasteiger charge is 1.67. The second kappa shape index (κ2) is 22.9. The first-order valence-corrected chi connectivity index (χ1v) is 4.09. The molecular weight excluding hydrogens is 136 g/mol. The van der Waals surface area contributed by atoms with E-state index in [9.17, 15) is 0 Å². The third-order valence-corrected chi connectivity index (χ3v) is 0.403. The Labute approximate surface area is 71.6 Å². The molecule has 68 valence electrons. The van der Waals surface area contributed by atoms with Gasteiger partial charge in [-0.2, -0.15) is 5.10 Å². The lowest BCUT2D eigenvalue weighted by Crippen LogP contribution is -2.00. The molecule has 0 N–H and O–H groups in total. The molecule has 2 nitrogen and oxygen atoms in total. The van der Waals surface area contributed by atoms with Gasteiger partial charge in [-0.15, -0.1) is 0 Å². The van der Waals surface area contributed by atoms with Crippen molar-refractivity contribution in [1.82, 2.24) is 5.01 Å². The van der Waals surface area contributed by atoms with Crippen LogP contribution < -0.4 is 0 Å². The van der Waals surface area contributed by atoms with E-state index in [-0.39, 0.29) is 0 Å². The summed E-state index contributed by atoms with van der Waals surface area (Å²) >= 11 is 0. The maximum Gasteiger partial charge on any atom is 0.0464 e. The monoisotopic (exact) mass is 158 g/mol. The van der Waals surface area contributed by atoms with Gasteiger partial charge in [-0.05, 0) is 6.08 Å². The minimum Gasteiger partial charge on any atom is -0.303 e. The lowest BCUT2D eigenvalue weighted by atomic mass is 10.7. The number of hydrogen-bond donors (Lipinski definition) is 0. The van der Waals surface area contributed by atoms with Gasteiger partial charge in [0.1, 0.15) is 0 Å². The van der Waals surface area contributed by atoms with E-state index in [1.54, 1.807) is 17.3 Å². The van der Waals surface area contributed by atoms with Crippen LogP contribution in [0.15, 0.2) is 17.8 Å². The predicted octanol–water partition coefficient (Wildman–Crippen LogP) is 2.77. The zero-order valence-electron chi connectivity index (χ0n) is 8.76. The highest BCUT2D eigenvalue weighted by Crippen LogP contribution is 1.69. The maximum atomic E-state index is 3.83. The highest BCUT2D eigenvalue weighted by molar-refractivity contribution is 5.69. The Bertz CT molecular complexity index is 75.6. The van der Waals surface area contributed by atoms with E-state index in [0.717, 1.165) is 0 Å². The van der Waals surface area contributed by atoms with Gasteiger partial charge in [0.15, 0.2) is 0 Å². The van der Waals surface area contributed by atoms with Crippen molar-refractivity contribution in [2.75, 3.05) is 14.1 Å². The molecule has 11 heavy (non-hydrogen) atoms. The Kier molecular flexibility index (Phi) is 34.6. The van der Waals surface area contributed by atoms with Crippen LogP contribution >= 0.6 is 0 Å². The van der Waals surface area contributed by atoms with E-state index in [2.05, 4.69) is 11.7 Å². The number of hydrazone groups is 1. The molecule has 0 aliphatic heterocycles. The lowest BCUT2D eigenvalue weighted by molar-refractivity contribution is 0.440. The van der Waals surface area contributed by atoms with E-state index in [0.29, 0.717) is 0 Å². The third-order valence-electron chi connectivity index (χ3n) is 0.403. The first-order chi connectivity index (χ1) is 5.27. The van der Waals surface area contributed by atoms with Gasteiger partial charge < -0.3 is 5.01 Å². The standard InChI is InChI=1S/C5H10N2.2C2H6/c1-4-5-6-7(2)3;2*1-2/h4-5H,1H2,2-3H3;2*1-2H3/b6-5-;;. The van der Waals surface area contributed by atoms with Gasteiger partial charge in [0, 0.05) is 20.3 Å². The summed E-state index contributed by atoms with van der Waals surface area (Å²) in [6.45, 7) is 11.5. The van der Waals surface area contributed by atoms with Crippen molar-refractivity contribution in [3.8, 4) is 0 Å². The average molecular weight is 158 g/mol. The zero-order chi connectivity index (χ0) is 9.70. The lowest BCUT2D eigenvalue weighted by Gasteiger charge is -1.99. The summed E-state index contributed by atoms with van der Waals surface area (Å²) in [5.41, 5.74) is 0. The van der Waals surface area contributed by atoms with Crippen LogP contribution in [0, 0.1) is 0 Å². The Morgan fingerprint density at radius 3 is 1.55 bits per heavy atom. The van der Waals surface area contributed by atoms with Crippen molar-refractivity contribution in [2.24, 2.45) is 5.10 Å². The molecule has 0 aliphatic rings. The smallest absolute Gasteiger partial charge is 0.0464 e. The van der Waals surface area contributed by atoms with E-state index in [1.165, 1.54) is 0 Å². The molecule has 0 rings (SSSR count). The molecule has 0 saturated carbocycles. The fraction of sp³-hybridized carbons (Fsp3) is 0.667. The number of allylic oxidation sites excluding steroid dienone is 1. The Balaban J connectivity index is -0.000000138. The van der Waals surface area contributed by atoms with Crippen LogP contribution in [0.3, 0.4) is 0 Å². The van der Waals surface area contributed by atoms with Crippen LogP contribution in [0.25, 0.3) is 0 Å². The summed E-state index contributed by atoms with van der Waals surface area (Å²) in [4.78, 5) is 0. The molecule has 0 saturated heterocycles. The van der Waals surface area contributed by atoms with Crippen molar-refractivity contribution in [3.05, 3.63) is 12.7 Å². The van der Waals surface area contributed by atoms with Crippen LogP contribution in [0.4, 0.5) is 0 Å². The molecular formula is C9H22N2. The third kappa shape index (κ3) is 46.5. The van der Waals surface area contributed by atoms with Gasteiger partial charge in [0.2, 0.25) is 0 Å². The molecule has 0 fully saturated rings. The van der Waals surface area contributed by atoms with Crippen molar-refractivity contribution in [3.63, 3.8) is 0 Å². The fourth-order valence-corrected chi connectivity index (χ4v) is 0.180. The minimum absolute atomic E-state index is 1.64. The highest BCUT2D eigenvalue weighted by atomic mass is 15.4. The normalized spacial score (nSPS) is 7.09. The van der Waals surface area contributed by atoms with Crippen LogP contribution in [0.1, 0.15) is 27.7 Å². The molecule has 0 aliphatic carbocycles. The molecule has 0 aromatic carbocycles. The summed E-state index contributed by atoms with van der Waals surface area (Å²) in [5, 5.41) is 5.54. The van der Waals surface area contributed by atoms with Crippen LogP contribution in [-0.4, -0.2) is 25.3 Å². The summed E-state index contributed by atoms with van der Waals surface area (Å²) in [5.74, 6) is 0. The van der Waals surface area contributed by atoms with E-state index < -0.39 is 0 Å². The Morgan fingerprint density at radius 1 is 1.09 bits per heavy atom. The van der Waals surface area contributed by atoms with Gasteiger partial charge >= 0.3 is 0 Å². The predicted molar refractivity (Wildman–Crippen MR) is 55.1 cm³/mol. The van der Waals surface area contributed by atoms with E-state index in [1.807, 2.05) is 41.8 Å². The van der Waals surface area contributed by atoms with Crippen molar-refractivity contribution in [2.45, 2.75) is 27.7 Å². The van der Waals surface area contributed by atoms with Crippen molar-refractivity contribution in [1.29, 1.82) is 0 Å². The summed E-state index contributed by atoms with van der Waals surface area (Å²) in [6, 6.07) is 0. The van der Waals surface area contributed by atoms with E-state index in [4.69, 9.17) is 0 Å². The van der Waals surface area contributed by atoms with Gasteiger partial charge in [-0.3, -0.25) is 0 Å². The molecule has 0 spiro atoms. The van der Waals surface area contributed by atoms with Crippen LogP contribution in [-0.2, 0) is 0 Å². The Hall–Kier alpha value is -0.790. The average Bonchev–Trinajstić information content (AvgIpc) is 2.08. The van der Waals surface area contributed by atoms with Crippen LogP contribution in [0.2, 0.25) is 0 Å². The number of hydrogen-bond acceptors (Lipinski definition) is 2. The number of rotatable bonds is 2. The molecule has 0 unspecified atom stereocenters. The minimum atomic E-state index is 1.64. The summed E-state index contributed by atoms with van der Waals surface area (Å²) < 4.78 is 0. The summed E-state index contributed by atoms with van der Waals surface area (Å²) in [6.07, 6.45) is 3.28. The zero-order valence-corrected chi connectivity index (χ0v) is 8.76. The quantitative estimate of drug-likeness (QED) is 0.445. The first-order valence-electron chi connectivity index (χ1n) is 4.09. The molecule has 0 aromatic rings. The Morgan fingerprint density at radius 2 is 1.45 bits per heavy atom. The topological polar surface area (TPSA) is 15.6 Å². The van der Waals surface area contributed by atoms with Gasteiger partial charge in [0.05, 0.1) is 0 Å². The molecule has 0 bridgehead atoms. The molecule has 2 heteroatoms. The largest absolute Gasteiger partial charge is 0.303 e.